The maximum Gasteiger partial charge on any atom is 0.407 e. The van der Waals surface area contributed by atoms with Gasteiger partial charge in [0.05, 0.1) is 11.6 Å². The summed E-state index contributed by atoms with van der Waals surface area (Å²) in [5.41, 5.74) is 0.953. The number of aryl methyl sites for hydroxylation is 1. The highest BCUT2D eigenvalue weighted by Crippen LogP contribution is 2.28. The van der Waals surface area contributed by atoms with Crippen molar-refractivity contribution in [1.82, 2.24) is 9.47 Å². The largest absolute Gasteiger partial charge is 0.491 e. The van der Waals surface area contributed by atoms with Crippen molar-refractivity contribution in [3.63, 3.8) is 0 Å². The van der Waals surface area contributed by atoms with Gasteiger partial charge < -0.3 is 9.30 Å². The first-order valence-corrected chi connectivity index (χ1v) is 10.4. The van der Waals surface area contributed by atoms with Crippen LogP contribution in [0.4, 0.5) is 17.6 Å². The van der Waals surface area contributed by atoms with Gasteiger partial charge in [0, 0.05) is 17.7 Å². The smallest absolute Gasteiger partial charge is 0.407 e. The van der Waals surface area contributed by atoms with E-state index in [0.29, 0.717) is 22.7 Å². The van der Waals surface area contributed by atoms with E-state index in [4.69, 9.17) is 4.74 Å². The van der Waals surface area contributed by atoms with Crippen molar-refractivity contribution in [3.05, 3.63) is 63.3 Å². The summed E-state index contributed by atoms with van der Waals surface area (Å²) in [5.74, 6) is 5.85. The fraction of sp³-hybridized carbons (Fsp3) is 0.458. The monoisotopic (exact) mass is 450 g/mol. The zero-order valence-corrected chi connectivity index (χ0v) is 18.5. The third kappa shape index (κ3) is 5.71. The van der Waals surface area contributed by atoms with Gasteiger partial charge in [-0.25, -0.2) is 4.39 Å². The van der Waals surface area contributed by atoms with Gasteiger partial charge in [0.1, 0.15) is 24.2 Å². The second-order valence-corrected chi connectivity index (χ2v) is 8.33. The second-order valence-electron chi connectivity index (χ2n) is 8.33. The molecule has 1 aliphatic carbocycles. The average molecular weight is 450 g/mol. The van der Waals surface area contributed by atoms with Gasteiger partial charge >= 0.3 is 6.18 Å². The fourth-order valence-corrected chi connectivity index (χ4v) is 3.42. The summed E-state index contributed by atoms with van der Waals surface area (Å²) in [5, 5.41) is 0. The number of rotatable bonds is 6. The SMILES string of the molecule is Cc1cc(OCC(N(C)C)C(F)(F)F)cc(=O)n1[C@H](C)c1ccc(C#CC2CC2)c(F)c1. The lowest BCUT2D eigenvalue weighted by Crippen LogP contribution is -2.45. The lowest BCUT2D eigenvalue weighted by Gasteiger charge is -2.26. The van der Waals surface area contributed by atoms with Gasteiger partial charge in [-0.2, -0.15) is 13.2 Å². The number of pyridine rings is 1. The van der Waals surface area contributed by atoms with Crippen molar-refractivity contribution >= 4 is 0 Å². The fourth-order valence-electron chi connectivity index (χ4n) is 3.42. The molecule has 1 saturated carbocycles. The first-order valence-electron chi connectivity index (χ1n) is 10.4. The van der Waals surface area contributed by atoms with E-state index in [0.717, 1.165) is 23.8 Å². The molecule has 2 atom stereocenters. The number of aromatic nitrogens is 1. The zero-order valence-electron chi connectivity index (χ0n) is 18.5. The van der Waals surface area contributed by atoms with Gasteiger partial charge in [0.15, 0.2) is 0 Å². The summed E-state index contributed by atoms with van der Waals surface area (Å²) in [7, 11) is 2.63. The highest BCUT2D eigenvalue weighted by molar-refractivity contribution is 5.39. The van der Waals surface area contributed by atoms with E-state index in [1.807, 2.05) is 0 Å². The van der Waals surface area contributed by atoms with E-state index in [9.17, 15) is 22.4 Å². The van der Waals surface area contributed by atoms with Gasteiger partial charge in [-0.3, -0.25) is 9.69 Å². The Morgan fingerprint density at radius 2 is 1.91 bits per heavy atom. The molecule has 0 spiro atoms. The summed E-state index contributed by atoms with van der Waals surface area (Å²) < 4.78 is 60.6. The molecule has 1 fully saturated rings. The highest BCUT2D eigenvalue weighted by atomic mass is 19.4. The number of alkyl halides is 3. The number of hydrogen-bond acceptors (Lipinski definition) is 3. The molecule has 0 amide bonds. The topological polar surface area (TPSA) is 34.5 Å². The van der Waals surface area contributed by atoms with Crippen molar-refractivity contribution in [2.75, 3.05) is 20.7 Å². The molecule has 0 bridgehead atoms. The molecule has 8 heteroatoms. The van der Waals surface area contributed by atoms with Crippen LogP contribution in [0.25, 0.3) is 0 Å². The standard InChI is InChI=1S/C24H26F4N2O2/c1-15-11-20(32-14-22(29(3)4)24(26,27)28)13-23(31)30(15)16(2)19-10-9-18(21(25)12-19)8-7-17-5-6-17/h9-13,16-17,22H,5-6,14H2,1-4H3/t16-,22?/m1/s1. The van der Waals surface area contributed by atoms with Crippen LogP contribution < -0.4 is 10.3 Å². The molecule has 0 saturated heterocycles. The molecular formula is C24H26F4N2O2. The molecule has 1 aromatic heterocycles. The third-order valence-corrected chi connectivity index (χ3v) is 5.49. The summed E-state index contributed by atoms with van der Waals surface area (Å²) in [6.07, 6.45) is -2.35. The Bertz CT molecular complexity index is 1090. The molecule has 0 N–H and O–H groups in total. The van der Waals surface area contributed by atoms with Gasteiger partial charge in [0.25, 0.3) is 5.56 Å². The van der Waals surface area contributed by atoms with Crippen LogP contribution in [0.1, 0.15) is 42.6 Å². The molecule has 1 heterocycles. The van der Waals surface area contributed by atoms with E-state index < -0.39 is 36.2 Å². The van der Waals surface area contributed by atoms with Gasteiger partial charge in [-0.15, -0.1) is 0 Å². The Balaban J connectivity index is 1.79. The molecule has 1 unspecified atom stereocenters. The molecule has 1 aromatic carbocycles. The molecule has 3 rings (SSSR count). The van der Waals surface area contributed by atoms with Gasteiger partial charge in [0.2, 0.25) is 0 Å². The third-order valence-electron chi connectivity index (χ3n) is 5.49. The predicted octanol–water partition coefficient (Wildman–Crippen LogP) is 4.54. The number of nitrogens with zero attached hydrogens (tertiary/aromatic N) is 2. The lowest BCUT2D eigenvalue weighted by atomic mass is 10.0. The van der Waals surface area contributed by atoms with E-state index in [-0.39, 0.29) is 5.75 Å². The van der Waals surface area contributed by atoms with E-state index >= 15 is 0 Å². The molecule has 0 aliphatic heterocycles. The van der Waals surface area contributed by atoms with Gasteiger partial charge in [-0.05, 0) is 64.5 Å². The molecule has 0 radical (unpaired) electrons. The number of ether oxygens (including phenoxy) is 1. The van der Waals surface area contributed by atoms with Crippen molar-refractivity contribution in [2.24, 2.45) is 5.92 Å². The first-order chi connectivity index (χ1) is 15.0. The lowest BCUT2D eigenvalue weighted by molar-refractivity contribution is -0.183. The molecule has 172 valence electrons. The molecular weight excluding hydrogens is 424 g/mol. The highest BCUT2D eigenvalue weighted by Gasteiger charge is 2.41. The predicted molar refractivity (Wildman–Crippen MR) is 114 cm³/mol. The normalized spacial score (nSPS) is 15.8. The summed E-state index contributed by atoms with van der Waals surface area (Å²) in [6, 6.07) is 5.07. The maximum atomic E-state index is 14.5. The summed E-state index contributed by atoms with van der Waals surface area (Å²) >= 11 is 0. The van der Waals surface area contributed by atoms with Crippen LogP contribution in [0.15, 0.2) is 35.1 Å². The number of halogens is 4. The van der Waals surface area contributed by atoms with E-state index in [2.05, 4.69) is 11.8 Å². The number of hydrogen-bond donors (Lipinski definition) is 0. The van der Waals surface area contributed by atoms with Gasteiger partial charge in [-0.1, -0.05) is 17.9 Å². The summed E-state index contributed by atoms with van der Waals surface area (Å²) in [4.78, 5) is 13.7. The Hall–Kier alpha value is -2.79. The Labute approximate surface area is 184 Å². The summed E-state index contributed by atoms with van der Waals surface area (Å²) in [6.45, 7) is 2.78. The Kier molecular flexibility index (Phi) is 6.99. The average Bonchev–Trinajstić information content (AvgIpc) is 3.49. The Morgan fingerprint density at radius 3 is 2.44 bits per heavy atom. The number of likely N-dealkylation sites (N-methyl/N-ethyl adjacent to an activating group) is 1. The van der Waals surface area contributed by atoms with Crippen LogP contribution in [-0.2, 0) is 0 Å². The zero-order chi connectivity index (χ0) is 23.6. The minimum Gasteiger partial charge on any atom is -0.491 e. The minimum atomic E-state index is -4.46. The van der Waals surface area contributed by atoms with Crippen LogP contribution in [-0.4, -0.2) is 42.4 Å². The molecule has 32 heavy (non-hydrogen) atoms. The van der Waals surface area contributed by atoms with Crippen molar-refractivity contribution in [2.45, 2.75) is 44.9 Å². The minimum absolute atomic E-state index is 0.0592. The van der Waals surface area contributed by atoms with Crippen LogP contribution in [0, 0.1) is 30.5 Å². The Morgan fingerprint density at radius 1 is 1.22 bits per heavy atom. The van der Waals surface area contributed by atoms with E-state index in [1.54, 1.807) is 26.0 Å². The number of benzene rings is 1. The van der Waals surface area contributed by atoms with Crippen molar-refractivity contribution in [3.8, 4) is 17.6 Å². The van der Waals surface area contributed by atoms with Crippen LogP contribution in [0.3, 0.4) is 0 Å². The van der Waals surface area contributed by atoms with Crippen LogP contribution in [0.5, 0.6) is 5.75 Å². The van der Waals surface area contributed by atoms with Crippen molar-refractivity contribution < 1.29 is 22.3 Å². The molecule has 2 aromatic rings. The second kappa shape index (κ2) is 9.37. The van der Waals surface area contributed by atoms with Crippen LogP contribution in [0.2, 0.25) is 0 Å². The quantitative estimate of drug-likeness (QED) is 0.479. The first kappa shape index (κ1) is 23.9. The van der Waals surface area contributed by atoms with Crippen LogP contribution >= 0.6 is 0 Å². The molecule has 1 aliphatic rings. The van der Waals surface area contributed by atoms with Crippen molar-refractivity contribution in [1.29, 1.82) is 0 Å². The van der Waals surface area contributed by atoms with E-state index in [1.165, 1.54) is 30.8 Å². The maximum absolute atomic E-state index is 14.5. The molecule has 4 nitrogen and oxygen atoms in total.